The van der Waals surface area contributed by atoms with Crippen molar-refractivity contribution in [1.82, 2.24) is 4.98 Å². The van der Waals surface area contributed by atoms with Crippen molar-refractivity contribution in [2.45, 2.75) is 12.3 Å². The third-order valence-electron chi connectivity index (χ3n) is 3.87. The van der Waals surface area contributed by atoms with Gasteiger partial charge in [-0.1, -0.05) is 6.07 Å². The van der Waals surface area contributed by atoms with Gasteiger partial charge in [-0.15, -0.1) is 0 Å². The molecule has 3 aromatic rings. The normalized spacial score (nSPS) is 12.4. The summed E-state index contributed by atoms with van der Waals surface area (Å²) >= 11 is 0. The van der Waals surface area contributed by atoms with Crippen LogP contribution >= 0.6 is 0 Å². The highest BCUT2D eigenvalue weighted by Gasteiger charge is 2.26. The van der Waals surface area contributed by atoms with Gasteiger partial charge in [-0.3, -0.25) is 19.9 Å². The second kappa shape index (κ2) is 6.15. The van der Waals surface area contributed by atoms with Crippen molar-refractivity contribution < 1.29 is 24.0 Å². The van der Waals surface area contributed by atoms with Crippen LogP contribution in [0.5, 0.6) is 5.75 Å². The fraction of sp³-hybridized carbons (Fsp3) is 0.250. The van der Waals surface area contributed by atoms with Crippen molar-refractivity contribution in [2.24, 2.45) is 0 Å². The Morgan fingerprint density at radius 1 is 1.46 bits per heavy atom. The highest BCUT2D eigenvalue weighted by atomic mass is 16.6. The predicted octanol–water partition coefficient (Wildman–Crippen LogP) is 2.82. The average molecular weight is 330 g/mol. The van der Waals surface area contributed by atoms with Crippen molar-refractivity contribution in [3.8, 4) is 5.75 Å². The Morgan fingerprint density at radius 3 is 2.92 bits per heavy atom. The zero-order chi connectivity index (χ0) is 17.3. The molecule has 8 heteroatoms. The molecule has 0 fully saturated rings. The van der Waals surface area contributed by atoms with Crippen LogP contribution in [0.3, 0.4) is 0 Å². The van der Waals surface area contributed by atoms with Gasteiger partial charge in [0.15, 0.2) is 16.9 Å². The third kappa shape index (κ3) is 2.73. The van der Waals surface area contributed by atoms with E-state index in [2.05, 4.69) is 4.98 Å². The SMILES string of the molecule is COc1ccc(C(CC(=O)O)C[N+](=O)[O-])c2c1oc1cnccc12. The zero-order valence-corrected chi connectivity index (χ0v) is 12.8. The van der Waals surface area contributed by atoms with Crippen molar-refractivity contribution >= 4 is 27.9 Å². The van der Waals surface area contributed by atoms with E-state index < -0.39 is 23.4 Å². The maximum atomic E-state index is 11.1. The number of aliphatic carboxylic acids is 1. The fourth-order valence-corrected chi connectivity index (χ4v) is 2.90. The fourth-order valence-electron chi connectivity index (χ4n) is 2.90. The lowest BCUT2D eigenvalue weighted by atomic mass is 9.91. The number of methoxy groups -OCH3 is 1. The molecule has 0 amide bonds. The van der Waals surface area contributed by atoms with Gasteiger partial charge in [0, 0.05) is 21.9 Å². The van der Waals surface area contributed by atoms with Crippen LogP contribution in [-0.4, -0.2) is 34.6 Å². The van der Waals surface area contributed by atoms with E-state index in [1.165, 1.54) is 13.3 Å². The van der Waals surface area contributed by atoms with Crippen molar-refractivity contribution in [3.63, 3.8) is 0 Å². The second-order valence-corrected chi connectivity index (χ2v) is 5.35. The first-order valence-corrected chi connectivity index (χ1v) is 7.18. The van der Waals surface area contributed by atoms with E-state index in [9.17, 15) is 14.9 Å². The number of rotatable bonds is 6. The molecule has 0 radical (unpaired) electrons. The maximum absolute atomic E-state index is 11.1. The molecule has 0 saturated carbocycles. The number of fused-ring (bicyclic) bond motifs is 3. The Bertz CT molecular complexity index is 917. The number of carbonyl (C=O) groups is 1. The molecule has 1 unspecified atom stereocenters. The monoisotopic (exact) mass is 330 g/mol. The van der Waals surface area contributed by atoms with Gasteiger partial charge in [-0.05, 0) is 17.7 Å². The van der Waals surface area contributed by atoms with Crippen LogP contribution in [0, 0.1) is 10.1 Å². The molecule has 1 atom stereocenters. The molecule has 1 N–H and O–H groups in total. The Morgan fingerprint density at radius 2 is 2.25 bits per heavy atom. The molecule has 1 aromatic carbocycles. The summed E-state index contributed by atoms with van der Waals surface area (Å²) in [6, 6.07) is 5.02. The molecule has 0 aliphatic heterocycles. The summed E-state index contributed by atoms with van der Waals surface area (Å²) in [5.41, 5.74) is 1.49. The topological polar surface area (TPSA) is 116 Å². The van der Waals surface area contributed by atoms with Crippen LogP contribution in [0.2, 0.25) is 0 Å². The molecule has 0 aliphatic carbocycles. The van der Waals surface area contributed by atoms with Crippen LogP contribution in [0.25, 0.3) is 21.9 Å². The van der Waals surface area contributed by atoms with Gasteiger partial charge in [0.1, 0.15) is 0 Å². The molecule has 0 bridgehead atoms. The van der Waals surface area contributed by atoms with Crippen molar-refractivity contribution in [3.05, 3.63) is 46.3 Å². The molecule has 2 aromatic heterocycles. The van der Waals surface area contributed by atoms with Gasteiger partial charge in [-0.25, -0.2) is 0 Å². The minimum Gasteiger partial charge on any atom is -0.493 e. The molecule has 0 saturated heterocycles. The van der Waals surface area contributed by atoms with Crippen molar-refractivity contribution in [2.75, 3.05) is 13.7 Å². The minimum atomic E-state index is -1.10. The molecule has 3 rings (SSSR count). The summed E-state index contributed by atoms with van der Waals surface area (Å²) in [5.74, 6) is -1.40. The van der Waals surface area contributed by atoms with Crippen LogP contribution < -0.4 is 4.74 Å². The van der Waals surface area contributed by atoms with Crippen molar-refractivity contribution in [1.29, 1.82) is 0 Å². The largest absolute Gasteiger partial charge is 0.493 e. The van der Waals surface area contributed by atoms with Gasteiger partial charge in [0.05, 0.1) is 25.6 Å². The molecular weight excluding hydrogens is 316 g/mol. The number of carboxylic acid groups (broad SMARTS) is 1. The lowest BCUT2D eigenvalue weighted by Gasteiger charge is -2.13. The number of pyridine rings is 1. The van der Waals surface area contributed by atoms with Gasteiger partial charge < -0.3 is 14.3 Å². The molecule has 2 heterocycles. The van der Waals surface area contributed by atoms with Gasteiger partial charge >= 0.3 is 5.97 Å². The summed E-state index contributed by atoms with van der Waals surface area (Å²) in [5, 5.41) is 21.4. The molecule has 24 heavy (non-hydrogen) atoms. The van der Waals surface area contributed by atoms with E-state index >= 15 is 0 Å². The second-order valence-electron chi connectivity index (χ2n) is 5.35. The van der Waals surface area contributed by atoms with E-state index in [0.717, 1.165) is 0 Å². The first kappa shape index (κ1) is 15.7. The Kier molecular flexibility index (Phi) is 4.03. The molecule has 8 nitrogen and oxygen atoms in total. The van der Waals surface area contributed by atoms with Crippen LogP contribution in [0.1, 0.15) is 17.9 Å². The summed E-state index contributed by atoms with van der Waals surface area (Å²) in [4.78, 5) is 25.6. The van der Waals surface area contributed by atoms with Gasteiger partial charge in [0.2, 0.25) is 6.54 Å². The quantitative estimate of drug-likeness (QED) is 0.545. The highest BCUT2D eigenvalue weighted by Crippen LogP contribution is 2.40. The highest BCUT2D eigenvalue weighted by molar-refractivity contribution is 6.08. The number of furan rings is 1. The lowest BCUT2D eigenvalue weighted by molar-refractivity contribution is -0.483. The van der Waals surface area contributed by atoms with Crippen LogP contribution in [-0.2, 0) is 4.79 Å². The first-order valence-electron chi connectivity index (χ1n) is 7.18. The minimum absolute atomic E-state index is 0.347. The Hall–Kier alpha value is -3.16. The summed E-state index contributed by atoms with van der Waals surface area (Å²) in [6.07, 6.45) is 2.78. The number of carboxylic acids is 1. The average Bonchev–Trinajstić information content (AvgIpc) is 2.92. The van der Waals surface area contributed by atoms with E-state index in [0.29, 0.717) is 33.3 Å². The standard InChI is InChI=1S/C16H14N2O6/c1-23-12-3-2-10(9(6-14(19)20)8-18(21)22)15-11-4-5-17-7-13(11)24-16(12)15/h2-5,7,9H,6,8H2,1H3,(H,19,20). The zero-order valence-electron chi connectivity index (χ0n) is 12.8. The maximum Gasteiger partial charge on any atom is 0.304 e. The molecular formula is C16H14N2O6. The number of nitro groups is 1. The van der Waals surface area contributed by atoms with Gasteiger partial charge in [-0.2, -0.15) is 0 Å². The number of aromatic nitrogens is 1. The summed E-state index contributed by atoms with van der Waals surface area (Å²) < 4.78 is 11.1. The number of ether oxygens (including phenoxy) is 1. The molecule has 124 valence electrons. The summed E-state index contributed by atoms with van der Waals surface area (Å²) in [7, 11) is 1.49. The Balaban J connectivity index is 2.29. The lowest BCUT2D eigenvalue weighted by Crippen LogP contribution is -2.16. The van der Waals surface area contributed by atoms with Crippen LogP contribution in [0.4, 0.5) is 0 Å². The summed E-state index contributed by atoms with van der Waals surface area (Å²) in [6.45, 7) is -0.481. The first-order chi connectivity index (χ1) is 11.5. The third-order valence-corrected chi connectivity index (χ3v) is 3.87. The van der Waals surface area contributed by atoms with E-state index in [1.54, 1.807) is 24.4 Å². The smallest absolute Gasteiger partial charge is 0.304 e. The number of nitrogens with zero attached hydrogens (tertiary/aromatic N) is 2. The van der Waals surface area contributed by atoms with Gasteiger partial charge in [0.25, 0.3) is 0 Å². The predicted molar refractivity (Wildman–Crippen MR) is 84.9 cm³/mol. The molecule has 0 aliphatic rings. The number of benzene rings is 1. The van der Waals surface area contributed by atoms with Crippen LogP contribution in [0.15, 0.2) is 35.0 Å². The Labute approximate surface area is 135 Å². The van der Waals surface area contributed by atoms with E-state index in [4.69, 9.17) is 14.3 Å². The van der Waals surface area contributed by atoms with E-state index in [-0.39, 0.29) is 6.42 Å². The number of hydrogen-bond acceptors (Lipinski definition) is 6. The number of hydrogen-bond donors (Lipinski definition) is 1. The van der Waals surface area contributed by atoms with E-state index in [1.807, 2.05) is 0 Å². The molecule has 0 spiro atoms.